The molecule has 0 aliphatic carbocycles. The van der Waals surface area contributed by atoms with E-state index in [1.807, 2.05) is 47.5 Å². The SMILES string of the molecule is COc1ccc(CN2C(Cl)=CCN2Cc2ccccn2)c(OC)c1. The number of nitrogens with zero attached hydrogens (tertiary/aromatic N) is 3. The second-order valence-electron chi connectivity index (χ2n) is 5.43. The Labute approximate surface area is 147 Å². The fourth-order valence-corrected chi connectivity index (χ4v) is 2.90. The molecule has 0 fully saturated rings. The van der Waals surface area contributed by atoms with Gasteiger partial charge < -0.3 is 9.47 Å². The Bertz CT molecular complexity index is 721. The van der Waals surface area contributed by atoms with Crippen LogP contribution in [-0.4, -0.2) is 35.8 Å². The van der Waals surface area contributed by atoms with Gasteiger partial charge in [-0.3, -0.25) is 9.99 Å². The van der Waals surface area contributed by atoms with Gasteiger partial charge in [-0.05, 0) is 30.3 Å². The maximum atomic E-state index is 6.40. The van der Waals surface area contributed by atoms with Crippen molar-refractivity contribution in [3.63, 3.8) is 0 Å². The van der Waals surface area contributed by atoms with Crippen LogP contribution < -0.4 is 9.47 Å². The second-order valence-corrected chi connectivity index (χ2v) is 5.82. The van der Waals surface area contributed by atoms with Crippen LogP contribution in [0.3, 0.4) is 0 Å². The van der Waals surface area contributed by atoms with Gasteiger partial charge in [0.2, 0.25) is 0 Å². The Morgan fingerprint density at radius 1 is 1.12 bits per heavy atom. The van der Waals surface area contributed by atoms with Gasteiger partial charge in [0.15, 0.2) is 0 Å². The third-order valence-corrected chi connectivity index (χ3v) is 4.29. The summed E-state index contributed by atoms with van der Waals surface area (Å²) in [6.45, 7) is 2.08. The van der Waals surface area contributed by atoms with Crippen molar-refractivity contribution >= 4 is 11.6 Å². The average Bonchev–Trinajstić information content (AvgIpc) is 2.96. The Kier molecular flexibility index (Phi) is 5.23. The zero-order valence-corrected chi connectivity index (χ0v) is 14.5. The molecule has 126 valence electrons. The Balaban J connectivity index is 1.78. The van der Waals surface area contributed by atoms with Crippen LogP contribution in [0.1, 0.15) is 11.3 Å². The van der Waals surface area contributed by atoms with Crippen LogP contribution in [0.2, 0.25) is 0 Å². The molecule has 0 amide bonds. The zero-order valence-electron chi connectivity index (χ0n) is 13.8. The zero-order chi connectivity index (χ0) is 16.9. The average molecular weight is 346 g/mol. The van der Waals surface area contributed by atoms with E-state index >= 15 is 0 Å². The molecular weight excluding hydrogens is 326 g/mol. The number of methoxy groups -OCH3 is 2. The minimum atomic E-state index is 0.620. The van der Waals surface area contributed by atoms with E-state index in [2.05, 4.69) is 9.99 Å². The van der Waals surface area contributed by atoms with Crippen molar-refractivity contribution < 1.29 is 9.47 Å². The van der Waals surface area contributed by atoms with Gasteiger partial charge in [-0.25, -0.2) is 5.01 Å². The van der Waals surface area contributed by atoms with Crippen LogP contribution in [0.4, 0.5) is 0 Å². The van der Waals surface area contributed by atoms with E-state index in [1.54, 1.807) is 20.4 Å². The second kappa shape index (κ2) is 7.55. The highest BCUT2D eigenvalue weighted by Crippen LogP contribution is 2.30. The van der Waals surface area contributed by atoms with E-state index in [9.17, 15) is 0 Å². The van der Waals surface area contributed by atoms with Gasteiger partial charge in [0.25, 0.3) is 0 Å². The van der Waals surface area contributed by atoms with Crippen molar-refractivity contribution in [2.75, 3.05) is 20.8 Å². The Morgan fingerprint density at radius 3 is 2.71 bits per heavy atom. The number of ether oxygens (including phenoxy) is 2. The maximum Gasteiger partial charge on any atom is 0.127 e. The molecule has 0 spiro atoms. The number of hydrogen-bond donors (Lipinski definition) is 0. The number of rotatable bonds is 6. The van der Waals surface area contributed by atoms with Gasteiger partial charge in [-0.2, -0.15) is 0 Å². The lowest BCUT2D eigenvalue weighted by Crippen LogP contribution is -2.36. The van der Waals surface area contributed by atoms with Gasteiger partial charge in [0.1, 0.15) is 16.7 Å². The summed E-state index contributed by atoms with van der Waals surface area (Å²) in [4.78, 5) is 4.39. The molecule has 0 bridgehead atoms. The van der Waals surface area contributed by atoms with Gasteiger partial charge >= 0.3 is 0 Å². The highest BCUT2D eigenvalue weighted by molar-refractivity contribution is 6.29. The first-order valence-electron chi connectivity index (χ1n) is 7.70. The fourth-order valence-electron chi connectivity index (χ4n) is 2.67. The minimum Gasteiger partial charge on any atom is -0.497 e. The van der Waals surface area contributed by atoms with Crippen molar-refractivity contribution in [1.82, 2.24) is 15.0 Å². The number of benzene rings is 1. The number of aromatic nitrogens is 1. The lowest BCUT2D eigenvalue weighted by molar-refractivity contribution is 0.0290. The van der Waals surface area contributed by atoms with Crippen LogP contribution in [0.25, 0.3) is 0 Å². The standard InChI is InChI=1S/C18H20ClN3O2/c1-23-16-7-6-14(17(11-16)24-2)12-22-18(19)8-10-21(22)13-15-5-3-4-9-20-15/h3-9,11H,10,12-13H2,1-2H3. The van der Waals surface area contributed by atoms with E-state index in [1.165, 1.54) is 0 Å². The van der Waals surface area contributed by atoms with E-state index in [0.29, 0.717) is 18.2 Å². The highest BCUT2D eigenvalue weighted by atomic mass is 35.5. The molecule has 2 heterocycles. The maximum absolute atomic E-state index is 6.40. The highest BCUT2D eigenvalue weighted by Gasteiger charge is 2.24. The van der Waals surface area contributed by atoms with E-state index in [0.717, 1.165) is 29.3 Å². The molecule has 2 aromatic rings. The predicted octanol–water partition coefficient (Wildman–Crippen LogP) is 3.41. The quantitative estimate of drug-likeness (QED) is 0.750. The van der Waals surface area contributed by atoms with Gasteiger partial charge in [0, 0.05) is 24.4 Å². The molecule has 1 aromatic heterocycles. The molecule has 0 saturated heterocycles. The van der Waals surface area contributed by atoms with E-state index < -0.39 is 0 Å². The third-order valence-electron chi connectivity index (χ3n) is 3.94. The van der Waals surface area contributed by atoms with Crippen molar-refractivity contribution in [2.24, 2.45) is 0 Å². The monoisotopic (exact) mass is 345 g/mol. The van der Waals surface area contributed by atoms with E-state index in [-0.39, 0.29) is 0 Å². The fraction of sp³-hybridized carbons (Fsp3) is 0.278. The molecule has 6 heteroatoms. The van der Waals surface area contributed by atoms with Crippen molar-refractivity contribution in [3.05, 3.63) is 65.1 Å². The molecule has 1 aliphatic heterocycles. The Hall–Kier alpha value is -2.24. The summed E-state index contributed by atoms with van der Waals surface area (Å²) in [5.74, 6) is 1.55. The number of hydrazine groups is 1. The molecule has 24 heavy (non-hydrogen) atoms. The van der Waals surface area contributed by atoms with Crippen molar-refractivity contribution in [1.29, 1.82) is 0 Å². The van der Waals surface area contributed by atoms with Crippen LogP contribution in [-0.2, 0) is 13.1 Å². The molecule has 0 saturated carbocycles. The first-order valence-corrected chi connectivity index (χ1v) is 8.08. The predicted molar refractivity (Wildman–Crippen MR) is 93.7 cm³/mol. The summed E-state index contributed by atoms with van der Waals surface area (Å²) in [6, 6.07) is 11.7. The Morgan fingerprint density at radius 2 is 2.00 bits per heavy atom. The van der Waals surface area contributed by atoms with Gasteiger partial charge in [0.05, 0.1) is 33.0 Å². The number of halogens is 1. The van der Waals surface area contributed by atoms with Crippen LogP contribution >= 0.6 is 11.6 Å². The molecule has 3 rings (SSSR count). The topological polar surface area (TPSA) is 37.8 Å². The molecule has 5 nitrogen and oxygen atoms in total. The first kappa shape index (κ1) is 16.6. The number of hydrogen-bond acceptors (Lipinski definition) is 5. The largest absolute Gasteiger partial charge is 0.497 e. The smallest absolute Gasteiger partial charge is 0.127 e. The minimum absolute atomic E-state index is 0.620. The number of pyridine rings is 1. The van der Waals surface area contributed by atoms with Crippen LogP contribution in [0.5, 0.6) is 11.5 Å². The molecule has 0 N–H and O–H groups in total. The molecule has 0 unspecified atom stereocenters. The summed E-state index contributed by atoms with van der Waals surface area (Å²) < 4.78 is 10.7. The third kappa shape index (κ3) is 3.63. The molecule has 1 aliphatic rings. The van der Waals surface area contributed by atoms with Crippen LogP contribution in [0.15, 0.2) is 53.8 Å². The summed E-state index contributed by atoms with van der Waals surface area (Å²) in [5.41, 5.74) is 2.04. The van der Waals surface area contributed by atoms with Crippen molar-refractivity contribution in [3.8, 4) is 11.5 Å². The molecular formula is C18H20ClN3O2. The molecule has 0 atom stereocenters. The molecule has 0 radical (unpaired) electrons. The van der Waals surface area contributed by atoms with Crippen molar-refractivity contribution in [2.45, 2.75) is 13.1 Å². The summed E-state index contributed by atoms with van der Waals surface area (Å²) in [7, 11) is 3.30. The lowest BCUT2D eigenvalue weighted by atomic mass is 10.2. The first-order chi connectivity index (χ1) is 11.7. The normalized spacial score (nSPS) is 14.6. The lowest BCUT2D eigenvalue weighted by Gasteiger charge is -2.30. The summed E-state index contributed by atoms with van der Waals surface area (Å²) in [5, 5.41) is 4.92. The van der Waals surface area contributed by atoms with E-state index in [4.69, 9.17) is 21.1 Å². The van der Waals surface area contributed by atoms with Crippen LogP contribution in [0, 0.1) is 0 Å². The molecule has 1 aromatic carbocycles. The van der Waals surface area contributed by atoms with Gasteiger partial charge in [-0.15, -0.1) is 0 Å². The summed E-state index contributed by atoms with van der Waals surface area (Å²) >= 11 is 6.40. The van der Waals surface area contributed by atoms with Gasteiger partial charge in [-0.1, -0.05) is 17.7 Å². The summed E-state index contributed by atoms with van der Waals surface area (Å²) in [6.07, 6.45) is 3.80.